The van der Waals surface area contributed by atoms with Crippen molar-refractivity contribution < 1.29 is 38.0 Å². The molecule has 0 bridgehead atoms. The van der Waals surface area contributed by atoms with Gasteiger partial charge in [-0.25, -0.2) is 9.59 Å². The Morgan fingerprint density at radius 2 is 1.26 bits per heavy atom. The summed E-state index contributed by atoms with van der Waals surface area (Å²) in [5, 5.41) is 1.94. The highest BCUT2D eigenvalue weighted by Gasteiger charge is 2.06. The molecule has 0 aromatic heterocycles. The van der Waals surface area contributed by atoms with Crippen LogP contribution in [0.2, 0.25) is 0 Å². The normalized spacial score (nSPS) is 10.5. The predicted octanol–water partition coefficient (Wildman–Crippen LogP) is 3.87. The minimum absolute atomic E-state index is 0.177. The second-order valence-corrected chi connectivity index (χ2v) is 7.39. The number of benzene rings is 2. The van der Waals surface area contributed by atoms with Gasteiger partial charge in [-0.15, -0.1) is 0 Å². The minimum Gasteiger partial charge on any atom is -0.491 e. The molecule has 2 aromatic carbocycles. The van der Waals surface area contributed by atoms with E-state index in [1.54, 1.807) is 13.8 Å². The van der Waals surface area contributed by atoms with Crippen molar-refractivity contribution in [2.24, 2.45) is 0 Å². The van der Waals surface area contributed by atoms with Crippen molar-refractivity contribution in [2.45, 2.75) is 13.8 Å². The Bertz CT molecular complexity index is 982. The molecule has 0 aliphatic carbocycles. The number of esters is 2. The first-order chi connectivity index (χ1) is 16.4. The van der Waals surface area contributed by atoms with Gasteiger partial charge in [0.25, 0.3) is 0 Å². The lowest BCUT2D eigenvalue weighted by molar-refractivity contribution is -0.141. The monoisotopic (exact) mass is 472 g/mol. The molecule has 184 valence electrons. The van der Waals surface area contributed by atoms with Crippen LogP contribution in [0, 0.1) is 0 Å². The number of rotatable bonds is 16. The Hall–Kier alpha value is -3.36. The number of carbonyl (C=O) groups excluding carboxylic acids is 2. The van der Waals surface area contributed by atoms with Crippen LogP contribution >= 0.6 is 0 Å². The second kappa shape index (κ2) is 14.7. The number of carbonyl (C=O) groups is 2. The van der Waals surface area contributed by atoms with Crippen LogP contribution in [0.15, 0.2) is 60.7 Å². The molecular weight excluding hydrogens is 440 g/mol. The summed E-state index contributed by atoms with van der Waals surface area (Å²) in [4.78, 5) is 22.5. The largest absolute Gasteiger partial charge is 0.491 e. The zero-order valence-corrected chi connectivity index (χ0v) is 19.8. The van der Waals surface area contributed by atoms with E-state index in [9.17, 15) is 9.59 Å². The molecule has 0 saturated heterocycles. The van der Waals surface area contributed by atoms with E-state index in [-0.39, 0.29) is 13.2 Å². The summed E-state index contributed by atoms with van der Waals surface area (Å²) in [7, 11) is 0. The van der Waals surface area contributed by atoms with Crippen LogP contribution in [-0.2, 0) is 28.5 Å². The van der Waals surface area contributed by atoms with Gasteiger partial charge < -0.3 is 28.4 Å². The maximum atomic E-state index is 11.3. The molecule has 0 fully saturated rings. The van der Waals surface area contributed by atoms with E-state index in [4.69, 9.17) is 28.4 Å². The van der Waals surface area contributed by atoms with E-state index in [1.165, 1.54) is 0 Å². The highest BCUT2D eigenvalue weighted by Crippen LogP contribution is 2.28. The van der Waals surface area contributed by atoms with E-state index in [1.807, 2.05) is 36.4 Å². The number of hydrogen-bond donors (Lipinski definition) is 0. The van der Waals surface area contributed by atoms with Crippen LogP contribution < -0.4 is 9.47 Å². The van der Waals surface area contributed by atoms with Crippen LogP contribution in [0.4, 0.5) is 0 Å². The Morgan fingerprint density at radius 3 is 1.85 bits per heavy atom. The summed E-state index contributed by atoms with van der Waals surface area (Å²) in [6.45, 7) is 12.7. The van der Waals surface area contributed by atoms with Crippen molar-refractivity contribution in [2.75, 3.05) is 52.9 Å². The van der Waals surface area contributed by atoms with Gasteiger partial charge in [0.2, 0.25) is 0 Å². The molecule has 8 heteroatoms. The van der Waals surface area contributed by atoms with Crippen LogP contribution in [0.5, 0.6) is 11.5 Å². The molecule has 2 aromatic rings. The fourth-order valence-corrected chi connectivity index (χ4v) is 2.71. The smallest absolute Gasteiger partial charge is 0.333 e. The molecule has 0 atom stereocenters. The fraction of sp³-hybridized carbons (Fsp3) is 0.385. The summed E-state index contributed by atoms with van der Waals surface area (Å²) in [5.74, 6) is 0.616. The predicted molar refractivity (Wildman–Crippen MR) is 128 cm³/mol. The highest BCUT2D eigenvalue weighted by atomic mass is 16.6. The third-order valence-corrected chi connectivity index (χ3v) is 4.41. The molecule has 0 spiro atoms. The Balaban J connectivity index is 1.68. The maximum absolute atomic E-state index is 11.3. The lowest BCUT2D eigenvalue weighted by atomic mass is 10.1. The van der Waals surface area contributed by atoms with E-state index in [0.717, 1.165) is 22.3 Å². The van der Waals surface area contributed by atoms with Crippen molar-refractivity contribution in [3.63, 3.8) is 0 Å². The molecule has 2 rings (SSSR count). The van der Waals surface area contributed by atoms with Gasteiger partial charge in [-0.05, 0) is 43.5 Å². The SMILES string of the molecule is C=C(C)C(=O)OCCOCCOc1ccc2c(OCCOCCOC(=O)C(=C)C)cccc2c1. The van der Waals surface area contributed by atoms with Gasteiger partial charge in [-0.3, -0.25) is 0 Å². The van der Waals surface area contributed by atoms with Crippen LogP contribution in [0.3, 0.4) is 0 Å². The van der Waals surface area contributed by atoms with Crippen molar-refractivity contribution in [3.05, 3.63) is 60.7 Å². The maximum Gasteiger partial charge on any atom is 0.333 e. The molecule has 0 aliphatic rings. The summed E-state index contributed by atoms with van der Waals surface area (Å²) in [6.07, 6.45) is 0. The summed E-state index contributed by atoms with van der Waals surface area (Å²) < 4.78 is 32.3. The van der Waals surface area contributed by atoms with E-state index in [0.29, 0.717) is 50.8 Å². The van der Waals surface area contributed by atoms with E-state index < -0.39 is 11.9 Å². The van der Waals surface area contributed by atoms with Gasteiger partial charge in [0.05, 0.1) is 26.4 Å². The standard InChI is InChI=1S/C26H32O8/c1-19(2)25(27)33-16-12-29-10-14-31-22-8-9-23-21(18-22)6-5-7-24(23)32-15-11-30-13-17-34-26(28)20(3)4/h5-9,18H,1,3,10-17H2,2,4H3. The average Bonchev–Trinajstić information content (AvgIpc) is 2.82. The quantitative estimate of drug-likeness (QED) is 0.207. The Labute approximate surface area is 200 Å². The fourth-order valence-electron chi connectivity index (χ4n) is 2.71. The zero-order valence-electron chi connectivity index (χ0n) is 19.8. The molecule has 0 amide bonds. The lowest BCUT2D eigenvalue weighted by Crippen LogP contribution is -2.14. The summed E-state index contributed by atoms with van der Waals surface area (Å²) in [6, 6.07) is 11.5. The highest BCUT2D eigenvalue weighted by molar-refractivity contribution is 5.89. The molecule has 0 radical (unpaired) electrons. The average molecular weight is 473 g/mol. The van der Waals surface area contributed by atoms with Crippen molar-refractivity contribution in [3.8, 4) is 11.5 Å². The second-order valence-electron chi connectivity index (χ2n) is 7.39. The van der Waals surface area contributed by atoms with Crippen LogP contribution in [-0.4, -0.2) is 64.8 Å². The molecular formula is C26H32O8. The van der Waals surface area contributed by atoms with Gasteiger partial charge in [-0.2, -0.15) is 0 Å². The van der Waals surface area contributed by atoms with Crippen LogP contribution in [0.1, 0.15) is 13.8 Å². The minimum atomic E-state index is -0.423. The van der Waals surface area contributed by atoms with Crippen molar-refractivity contribution >= 4 is 22.7 Å². The molecule has 0 aliphatic heterocycles. The van der Waals surface area contributed by atoms with Gasteiger partial charge in [0.1, 0.15) is 37.9 Å². The van der Waals surface area contributed by atoms with E-state index in [2.05, 4.69) is 13.2 Å². The summed E-state index contributed by atoms with van der Waals surface area (Å²) in [5.41, 5.74) is 0.723. The molecule has 0 unspecified atom stereocenters. The van der Waals surface area contributed by atoms with Crippen molar-refractivity contribution in [1.29, 1.82) is 0 Å². The molecule has 34 heavy (non-hydrogen) atoms. The third-order valence-electron chi connectivity index (χ3n) is 4.41. The molecule has 8 nitrogen and oxygen atoms in total. The number of ether oxygens (including phenoxy) is 6. The molecule has 0 N–H and O–H groups in total. The van der Waals surface area contributed by atoms with E-state index >= 15 is 0 Å². The summed E-state index contributed by atoms with van der Waals surface area (Å²) >= 11 is 0. The first-order valence-corrected chi connectivity index (χ1v) is 11.0. The zero-order chi connectivity index (χ0) is 24.8. The Kier molecular flexibility index (Phi) is 11.6. The first kappa shape index (κ1) is 26.9. The van der Waals surface area contributed by atoms with Gasteiger partial charge in [0.15, 0.2) is 0 Å². The lowest BCUT2D eigenvalue weighted by Gasteiger charge is -2.12. The van der Waals surface area contributed by atoms with Gasteiger partial charge in [0, 0.05) is 16.5 Å². The van der Waals surface area contributed by atoms with Crippen molar-refractivity contribution in [1.82, 2.24) is 0 Å². The topological polar surface area (TPSA) is 89.5 Å². The van der Waals surface area contributed by atoms with Crippen LogP contribution in [0.25, 0.3) is 10.8 Å². The first-order valence-electron chi connectivity index (χ1n) is 11.0. The molecule has 0 heterocycles. The van der Waals surface area contributed by atoms with Gasteiger partial charge in [-0.1, -0.05) is 25.3 Å². The Morgan fingerprint density at radius 1 is 0.706 bits per heavy atom. The number of hydrogen-bond acceptors (Lipinski definition) is 8. The van der Waals surface area contributed by atoms with Gasteiger partial charge >= 0.3 is 11.9 Å². The third kappa shape index (κ3) is 9.64. The number of fused-ring (bicyclic) bond motifs is 1. The molecule has 0 saturated carbocycles.